The summed E-state index contributed by atoms with van der Waals surface area (Å²) in [5.41, 5.74) is 6.03. The summed E-state index contributed by atoms with van der Waals surface area (Å²) in [6.07, 6.45) is 0.0753. The summed E-state index contributed by atoms with van der Waals surface area (Å²) in [7, 11) is 0. The number of benzene rings is 2. The van der Waals surface area contributed by atoms with Crippen LogP contribution in [0.15, 0.2) is 48.5 Å². The van der Waals surface area contributed by atoms with E-state index >= 15 is 0 Å². The Bertz CT molecular complexity index is 671. The van der Waals surface area contributed by atoms with E-state index in [4.69, 9.17) is 10.5 Å². The molecule has 0 unspecified atom stereocenters. The Morgan fingerprint density at radius 3 is 2.41 bits per heavy atom. The number of para-hydroxylation sites is 1. The molecule has 0 radical (unpaired) electrons. The first-order chi connectivity index (χ1) is 10.6. The average Bonchev–Trinajstić information content (AvgIpc) is 2.50. The molecule has 0 spiro atoms. The summed E-state index contributed by atoms with van der Waals surface area (Å²) < 4.78 is 18.5. The molecule has 114 valence electrons. The van der Waals surface area contributed by atoms with Crippen LogP contribution < -0.4 is 15.8 Å². The number of nitrogens with one attached hydrogen (secondary N) is 1. The van der Waals surface area contributed by atoms with Crippen LogP contribution in [0.5, 0.6) is 5.75 Å². The van der Waals surface area contributed by atoms with Crippen molar-refractivity contribution in [3.8, 4) is 5.75 Å². The molecule has 0 saturated carbocycles. The summed E-state index contributed by atoms with van der Waals surface area (Å²) in [6, 6.07) is 12.2. The van der Waals surface area contributed by atoms with Gasteiger partial charge in [0.05, 0.1) is 13.0 Å². The van der Waals surface area contributed by atoms with Gasteiger partial charge < -0.3 is 15.8 Å². The second-order valence-electron chi connectivity index (χ2n) is 4.52. The number of rotatable bonds is 6. The van der Waals surface area contributed by atoms with Crippen molar-refractivity contribution in [2.24, 2.45) is 5.73 Å². The minimum absolute atomic E-state index is 0.0616. The number of ether oxygens (including phenoxy) is 1. The summed E-state index contributed by atoms with van der Waals surface area (Å²) in [5.74, 6) is -1.16. The first kappa shape index (κ1) is 15.5. The second-order valence-corrected chi connectivity index (χ2v) is 4.52. The summed E-state index contributed by atoms with van der Waals surface area (Å²) in [6.45, 7) is 0.0616. The van der Waals surface area contributed by atoms with Gasteiger partial charge >= 0.3 is 0 Å². The lowest BCUT2D eigenvalue weighted by molar-refractivity contribution is -0.116. The van der Waals surface area contributed by atoms with Gasteiger partial charge in [-0.2, -0.15) is 0 Å². The van der Waals surface area contributed by atoms with E-state index in [2.05, 4.69) is 5.32 Å². The Labute approximate surface area is 126 Å². The maximum atomic E-state index is 13.3. The molecule has 0 bridgehead atoms. The summed E-state index contributed by atoms with van der Waals surface area (Å²) >= 11 is 0. The standard InChI is InChI=1S/C16H15FN2O3/c17-13-3-1-2-4-14(13)22-10-9-15(20)19-12-7-5-11(6-8-12)16(18)21/h1-8H,9-10H2,(H2,18,21)(H,19,20). The fraction of sp³-hybridized carbons (Fsp3) is 0.125. The lowest BCUT2D eigenvalue weighted by atomic mass is 10.2. The third-order valence-corrected chi connectivity index (χ3v) is 2.88. The lowest BCUT2D eigenvalue weighted by Crippen LogP contribution is -2.16. The topological polar surface area (TPSA) is 81.4 Å². The molecular formula is C16H15FN2O3. The van der Waals surface area contributed by atoms with Gasteiger partial charge in [-0.15, -0.1) is 0 Å². The first-order valence-electron chi connectivity index (χ1n) is 6.63. The van der Waals surface area contributed by atoms with Gasteiger partial charge in [-0.05, 0) is 36.4 Å². The van der Waals surface area contributed by atoms with E-state index in [1.807, 2.05) is 0 Å². The first-order valence-corrected chi connectivity index (χ1v) is 6.63. The van der Waals surface area contributed by atoms with Crippen LogP contribution in [0.4, 0.5) is 10.1 Å². The van der Waals surface area contributed by atoms with E-state index < -0.39 is 11.7 Å². The molecule has 2 aromatic rings. The van der Waals surface area contributed by atoms with E-state index in [9.17, 15) is 14.0 Å². The minimum atomic E-state index is -0.531. The van der Waals surface area contributed by atoms with Crippen LogP contribution >= 0.6 is 0 Å². The largest absolute Gasteiger partial charge is 0.490 e. The van der Waals surface area contributed by atoms with Gasteiger partial charge in [0.15, 0.2) is 11.6 Å². The van der Waals surface area contributed by atoms with Crippen molar-refractivity contribution in [1.82, 2.24) is 0 Å². The van der Waals surface area contributed by atoms with Crippen molar-refractivity contribution in [1.29, 1.82) is 0 Å². The molecule has 6 heteroatoms. The molecule has 2 aromatic carbocycles. The molecular weight excluding hydrogens is 287 g/mol. The molecule has 0 aliphatic heterocycles. The van der Waals surface area contributed by atoms with Crippen molar-refractivity contribution in [2.75, 3.05) is 11.9 Å². The van der Waals surface area contributed by atoms with Crippen LogP contribution in [0.3, 0.4) is 0 Å². The second kappa shape index (κ2) is 7.21. The highest BCUT2D eigenvalue weighted by Crippen LogP contribution is 2.15. The van der Waals surface area contributed by atoms with E-state index in [1.165, 1.54) is 24.3 Å². The molecule has 22 heavy (non-hydrogen) atoms. The molecule has 0 heterocycles. The highest BCUT2D eigenvalue weighted by atomic mass is 19.1. The summed E-state index contributed by atoms with van der Waals surface area (Å²) in [5, 5.41) is 2.64. The molecule has 2 amide bonds. The zero-order valence-corrected chi connectivity index (χ0v) is 11.7. The highest BCUT2D eigenvalue weighted by Gasteiger charge is 2.06. The van der Waals surface area contributed by atoms with Crippen LogP contribution in [0.25, 0.3) is 0 Å². The summed E-state index contributed by atoms with van der Waals surface area (Å²) in [4.78, 5) is 22.7. The number of hydrogen-bond acceptors (Lipinski definition) is 3. The maximum Gasteiger partial charge on any atom is 0.248 e. The Balaban J connectivity index is 1.80. The van der Waals surface area contributed by atoms with Crippen molar-refractivity contribution in [2.45, 2.75) is 6.42 Å². The fourth-order valence-electron chi connectivity index (χ4n) is 1.76. The Morgan fingerprint density at radius 2 is 1.77 bits per heavy atom. The number of hydrogen-bond donors (Lipinski definition) is 2. The Kier molecular flexibility index (Phi) is 5.08. The monoisotopic (exact) mass is 302 g/mol. The third kappa shape index (κ3) is 4.31. The van der Waals surface area contributed by atoms with Crippen LogP contribution in [-0.4, -0.2) is 18.4 Å². The van der Waals surface area contributed by atoms with Gasteiger partial charge in [0.1, 0.15) is 0 Å². The predicted octanol–water partition coefficient (Wildman–Crippen LogP) is 2.33. The molecule has 2 rings (SSSR count). The molecule has 3 N–H and O–H groups in total. The molecule has 0 fully saturated rings. The van der Waals surface area contributed by atoms with Gasteiger partial charge in [-0.3, -0.25) is 9.59 Å². The van der Waals surface area contributed by atoms with Crippen LogP contribution in [0.1, 0.15) is 16.8 Å². The Hall–Kier alpha value is -2.89. The zero-order valence-electron chi connectivity index (χ0n) is 11.7. The van der Waals surface area contributed by atoms with E-state index in [1.54, 1.807) is 24.3 Å². The SMILES string of the molecule is NC(=O)c1ccc(NC(=O)CCOc2ccccc2F)cc1. The van der Waals surface area contributed by atoms with E-state index in [0.717, 1.165) is 0 Å². The molecule has 0 aliphatic carbocycles. The lowest BCUT2D eigenvalue weighted by Gasteiger charge is -2.08. The van der Waals surface area contributed by atoms with E-state index in [0.29, 0.717) is 11.3 Å². The number of carbonyl (C=O) groups excluding carboxylic acids is 2. The van der Waals surface area contributed by atoms with Gasteiger partial charge in [0.2, 0.25) is 11.8 Å². The molecule has 0 aromatic heterocycles. The van der Waals surface area contributed by atoms with Crippen molar-refractivity contribution in [3.63, 3.8) is 0 Å². The third-order valence-electron chi connectivity index (χ3n) is 2.88. The van der Waals surface area contributed by atoms with Crippen molar-refractivity contribution < 1.29 is 18.7 Å². The fourth-order valence-corrected chi connectivity index (χ4v) is 1.76. The zero-order chi connectivity index (χ0) is 15.9. The molecule has 0 atom stereocenters. The highest BCUT2D eigenvalue weighted by molar-refractivity contribution is 5.94. The van der Waals surface area contributed by atoms with Gasteiger partial charge in [0.25, 0.3) is 0 Å². The number of primary amides is 1. The van der Waals surface area contributed by atoms with Gasteiger partial charge in [-0.25, -0.2) is 4.39 Å². The maximum absolute atomic E-state index is 13.3. The average molecular weight is 302 g/mol. The molecule has 0 saturated heterocycles. The number of nitrogens with two attached hydrogens (primary N) is 1. The van der Waals surface area contributed by atoms with Crippen LogP contribution in [0.2, 0.25) is 0 Å². The normalized spacial score (nSPS) is 10.0. The Morgan fingerprint density at radius 1 is 1.09 bits per heavy atom. The number of carbonyl (C=O) groups is 2. The molecule has 5 nitrogen and oxygen atoms in total. The van der Waals surface area contributed by atoms with Crippen LogP contribution in [0, 0.1) is 5.82 Å². The predicted molar refractivity (Wildman–Crippen MR) is 80.1 cm³/mol. The smallest absolute Gasteiger partial charge is 0.248 e. The number of anilines is 1. The number of amides is 2. The van der Waals surface area contributed by atoms with Gasteiger partial charge in [0, 0.05) is 11.3 Å². The van der Waals surface area contributed by atoms with Gasteiger partial charge in [-0.1, -0.05) is 12.1 Å². The minimum Gasteiger partial charge on any atom is -0.490 e. The van der Waals surface area contributed by atoms with Crippen molar-refractivity contribution in [3.05, 3.63) is 59.9 Å². The van der Waals surface area contributed by atoms with Crippen LogP contribution in [-0.2, 0) is 4.79 Å². The quantitative estimate of drug-likeness (QED) is 0.859. The molecule has 0 aliphatic rings. The number of halogens is 1. The van der Waals surface area contributed by atoms with E-state index in [-0.39, 0.29) is 24.7 Å². The van der Waals surface area contributed by atoms with Crippen molar-refractivity contribution >= 4 is 17.5 Å².